The fourth-order valence-corrected chi connectivity index (χ4v) is 4.50. The van der Waals surface area contributed by atoms with Crippen molar-refractivity contribution in [1.29, 1.82) is 0 Å². The van der Waals surface area contributed by atoms with Crippen LogP contribution in [0.25, 0.3) is 0 Å². The first-order valence-electron chi connectivity index (χ1n) is 12.1. The highest BCUT2D eigenvalue weighted by Gasteiger charge is 2.45. The molecule has 4 amide bonds. The molecule has 1 unspecified atom stereocenters. The van der Waals surface area contributed by atoms with Gasteiger partial charge in [0.1, 0.15) is 6.04 Å². The van der Waals surface area contributed by atoms with E-state index in [1.54, 1.807) is 18.2 Å². The number of nitrogens with one attached hydrogen (secondary N) is 2. The van der Waals surface area contributed by atoms with Gasteiger partial charge in [-0.05, 0) is 25.0 Å². The predicted molar refractivity (Wildman–Crippen MR) is 123 cm³/mol. The van der Waals surface area contributed by atoms with E-state index in [-0.39, 0.29) is 18.7 Å². The Labute approximate surface area is 190 Å². The molecule has 2 aliphatic rings. The smallest absolute Gasteiger partial charge is 0.264 e. The van der Waals surface area contributed by atoms with Crippen molar-refractivity contribution in [2.75, 3.05) is 11.9 Å². The topological polar surface area (TPSA) is 95.6 Å². The number of imide groups is 2. The Bertz CT molecular complexity index is 852. The quantitative estimate of drug-likeness (QED) is 0.349. The van der Waals surface area contributed by atoms with Gasteiger partial charge < -0.3 is 5.32 Å². The van der Waals surface area contributed by atoms with E-state index in [0.29, 0.717) is 16.8 Å². The van der Waals surface area contributed by atoms with Crippen molar-refractivity contribution in [3.8, 4) is 0 Å². The minimum Gasteiger partial charge on any atom is -0.384 e. The van der Waals surface area contributed by atoms with Gasteiger partial charge >= 0.3 is 0 Å². The molecule has 7 heteroatoms. The van der Waals surface area contributed by atoms with Crippen molar-refractivity contribution in [2.24, 2.45) is 0 Å². The summed E-state index contributed by atoms with van der Waals surface area (Å²) >= 11 is 0. The summed E-state index contributed by atoms with van der Waals surface area (Å²) in [7, 11) is 0. The number of rotatable bonds is 13. The minimum absolute atomic E-state index is 0.119. The van der Waals surface area contributed by atoms with E-state index >= 15 is 0 Å². The Hall–Kier alpha value is -2.70. The number of amides is 4. The number of hydrogen-bond acceptors (Lipinski definition) is 5. The van der Waals surface area contributed by atoms with E-state index in [1.165, 1.54) is 51.4 Å². The van der Waals surface area contributed by atoms with Crippen LogP contribution in [0.2, 0.25) is 0 Å². The first kappa shape index (κ1) is 24.0. The summed E-state index contributed by atoms with van der Waals surface area (Å²) in [6.45, 7) is 2.97. The second-order valence-corrected chi connectivity index (χ2v) is 8.78. The van der Waals surface area contributed by atoms with E-state index < -0.39 is 23.8 Å². The Morgan fingerprint density at radius 3 is 2.22 bits per heavy atom. The monoisotopic (exact) mass is 441 g/mol. The van der Waals surface area contributed by atoms with Crippen LogP contribution in [-0.4, -0.2) is 41.1 Å². The zero-order valence-electron chi connectivity index (χ0n) is 19.1. The molecule has 2 aliphatic heterocycles. The SMILES string of the molecule is CCCCCCCCCCCCNc1cccc2c1C(=O)N(C1CCC(=O)NC1=O)C2=O. The first-order chi connectivity index (χ1) is 15.5. The molecule has 2 N–H and O–H groups in total. The lowest BCUT2D eigenvalue weighted by Gasteiger charge is -2.27. The Kier molecular flexibility index (Phi) is 8.82. The highest BCUT2D eigenvalue weighted by molar-refractivity contribution is 6.25. The highest BCUT2D eigenvalue weighted by Crippen LogP contribution is 2.32. The molecule has 1 aromatic carbocycles. The summed E-state index contributed by atoms with van der Waals surface area (Å²) in [6, 6.07) is 4.23. The standard InChI is InChI=1S/C25H35N3O4/c1-2-3-4-5-6-7-8-9-10-11-17-26-19-14-12-13-18-22(19)25(32)28(24(18)31)20-15-16-21(29)27-23(20)30/h12-14,20,26H,2-11,15-17H2,1H3,(H,27,29,30). The number of carbonyl (C=O) groups is 4. The van der Waals surface area contributed by atoms with Crippen molar-refractivity contribution >= 4 is 29.3 Å². The average molecular weight is 442 g/mol. The van der Waals surface area contributed by atoms with Crippen LogP contribution in [0.3, 0.4) is 0 Å². The maximum Gasteiger partial charge on any atom is 0.264 e. The summed E-state index contributed by atoms with van der Waals surface area (Å²) in [6.07, 6.45) is 12.8. The van der Waals surface area contributed by atoms with Crippen LogP contribution < -0.4 is 10.6 Å². The number of benzene rings is 1. The van der Waals surface area contributed by atoms with Gasteiger partial charge in [0, 0.05) is 18.7 Å². The normalized spacial score (nSPS) is 18.2. The molecule has 2 heterocycles. The molecule has 0 saturated carbocycles. The number of fused-ring (bicyclic) bond motifs is 1. The summed E-state index contributed by atoms with van der Waals surface area (Å²) in [5, 5.41) is 5.53. The molecule has 0 aromatic heterocycles. The molecule has 1 fully saturated rings. The molecule has 174 valence electrons. The van der Waals surface area contributed by atoms with Crippen molar-refractivity contribution in [3.05, 3.63) is 29.3 Å². The number of hydrogen-bond donors (Lipinski definition) is 2. The van der Waals surface area contributed by atoms with Crippen molar-refractivity contribution in [2.45, 2.75) is 90.0 Å². The maximum atomic E-state index is 13.1. The number of anilines is 1. The second kappa shape index (κ2) is 11.8. The molecule has 0 bridgehead atoms. The first-order valence-corrected chi connectivity index (χ1v) is 12.1. The molecule has 7 nitrogen and oxygen atoms in total. The average Bonchev–Trinajstić information content (AvgIpc) is 3.03. The van der Waals surface area contributed by atoms with Gasteiger partial charge in [-0.15, -0.1) is 0 Å². The summed E-state index contributed by atoms with van der Waals surface area (Å²) in [4.78, 5) is 50.6. The van der Waals surface area contributed by atoms with Gasteiger partial charge in [-0.1, -0.05) is 70.8 Å². The van der Waals surface area contributed by atoms with E-state index in [4.69, 9.17) is 0 Å². The van der Waals surface area contributed by atoms with Crippen molar-refractivity contribution in [1.82, 2.24) is 10.2 Å². The van der Waals surface area contributed by atoms with Crippen LogP contribution in [0.15, 0.2) is 18.2 Å². The van der Waals surface area contributed by atoms with Gasteiger partial charge in [-0.3, -0.25) is 29.4 Å². The summed E-state index contributed by atoms with van der Waals surface area (Å²) < 4.78 is 0. The number of unbranched alkanes of at least 4 members (excludes halogenated alkanes) is 9. The predicted octanol–water partition coefficient (Wildman–Crippen LogP) is 4.42. The molecular weight excluding hydrogens is 406 g/mol. The zero-order valence-corrected chi connectivity index (χ0v) is 19.1. The summed E-state index contributed by atoms with van der Waals surface area (Å²) in [5.41, 5.74) is 1.27. The minimum atomic E-state index is -0.935. The molecular formula is C25H35N3O4. The van der Waals surface area contributed by atoms with Crippen molar-refractivity contribution < 1.29 is 19.2 Å². The van der Waals surface area contributed by atoms with Crippen LogP contribution in [0, 0.1) is 0 Å². The van der Waals surface area contributed by atoms with E-state index in [2.05, 4.69) is 17.6 Å². The lowest BCUT2D eigenvalue weighted by Crippen LogP contribution is -2.54. The molecule has 0 radical (unpaired) electrons. The van der Waals surface area contributed by atoms with E-state index in [9.17, 15) is 19.2 Å². The lowest BCUT2D eigenvalue weighted by molar-refractivity contribution is -0.136. The maximum absolute atomic E-state index is 13.1. The van der Waals surface area contributed by atoms with Crippen LogP contribution in [0.5, 0.6) is 0 Å². The fourth-order valence-electron chi connectivity index (χ4n) is 4.50. The Morgan fingerprint density at radius 1 is 0.906 bits per heavy atom. The van der Waals surface area contributed by atoms with E-state index in [1.807, 2.05) is 0 Å². The third-order valence-corrected chi connectivity index (χ3v) is 6.31. The summed E-state index contributed by atoms with van der Waals surface area (Å²) in [5.74, 6) is -1.90. The van der Waals surface area contributed by atoms with Gasteiger partial charge in [-0.2, -0.15) is 0 Å². The van der Waals surface area contributed by atoms with Gasteiger partial charge in [0.05, 0.1) is 11.1 Å². The zero-order chi connectivity index (χ0) is 22.9. The molecule has 0 spiro atoms. The number of nitrogens with zero attached hydrogens (tertiary/aromatic N) is 1. The Morgan fingerprint density at radius 2 is 1.56 bits per heavy atom. The third kappa shape index (κ3) is 5.75. The molecule has 32 heavy (non-hydrogen) atoms. The lowest BCUT2D eigenvalue weighted by atomic mass is 10.0. The largest absolute Gasteiger partial charge is 0.384 e. The molecule has 3 rings (SSSR count). The second-order valence-electron chi connectivity index (χ2n) is 8.78. The van der Waals surface area contributed by atoms with Crippen LogP contribution >= 0.6 is 0 Å². The van der Waals surface area contributed by atoms with E-state index in [0.717, 1.165) is 24.3 Å². The fraction of sp³-hybridized carbons (Fsp3) is 0.600. The molecule has 1 aromatic rings. The van der Waals surface area contributed by atoms with Gasteiger partial charge in [0.15, 0.2) is 0 Å². The van der Waals surface area contributed by atoms with Crippen LogP contribution in [0.1, 0.15) is 105 Å². The number of piperidine rings is 1. The molecule has 1 atom stereocenters. The highest BCUT2D eigenvalue weighted by atomic mass is 16.2. The van der Waals surface area contributed by atoms with Gasteiger partial charge in [0.2, 0.25) is 11.8 Å². The third-order valence-electron chi connectivity index (χ3n) is 6.31. The van der Waals surface area contributed by atoms with Crippen LogP contribution in [0.4, 0.5) is 5.69 Å². The Balaban J connectivity index is 1.47. The van der Waals surface area contributed by atoms with Crippen molar-refractivity contribution in [3.63, 3.8) is 0 Å². The van der Waals surface area contributed by atoms with Gasteiger partial charge in [-0.25, -0.2) is 0 Å². The molecule has 0 aliphatic carbocycles. The molecule has 1 saturated heterocycles. The number of carbonyl (C=O) groups excluding carboxylic acids is 4. The van der Waals surface area contributed by atoms with Crippen LogP contribution in [-0.2, 0) is 9.59 Å². The van der Waals surface area contributed by atoms with Gasteiger partial charge in [0.25, 0.3) is 11.8 Å².